The molecular weight excluding hydrogens is 228 g/mol. The number of amides is 1. The average molecular weight is 250 g/mol. The van der Waals surface area contributed by atoms with Crippen molar-refractivity contribution in [3.8, 4) is 5.75 Å². The fourth-order valence-corrected chi connectivity index (χ4v) is 1.56. The Kier molecular flexibility index (Phi) is 5.65. The van der Waals surface area contributed by atoms with Crippen LogP contribution in [0.2, 0.25) is 0 Å². The molecule has 1 aromatic rings. The number of hydrogen-bond acceptors (Lipinski definition) is 3. The Morgan fingerprint density at radius 2 is 1.83 bits per heavy atom. The highest BCUT2D eigenvalue weighted by molar-refractivity contribution is 5.77. The minimum absolute atomic E-state index is 0.0124. The molecule has 4 nitrogen and oxygen atoms in total. The zero-order valence-corrected chi connectivity index (χ0v) is 11.5. The third-order valence-corrected chi connectivity index (χ3v) is 2.60. The van der Waals surface area contributed by atoms with Crippen molar-refractivity contribution in [1.29, 1.82) is 0 Å². The Bertz CT molecular complexity index is 374. The Morgan fingerprint density at radius 3 is 2.33 bits per heavy atom. The molecule has 0 saturated heterocycles. The van der Waals surface area contributed by atoms with Crippen LogP contribution in [0.15, 0.2) is 24.3 Å². The molecule has 1 aromatic carbocycles. The van der Waals surface area contributed by atoms with Crippen molar-refractivity contribution in [1.82, 2.24) is 10.6 Å². The monoisotopic (exact) mass is 250 g/mol. The van der Waals surface area contributed by atoms with Gasteiger partial charge in [0.15, 0.2) is 0 Å². The molecule has 1 atom stereocenters. The van der Waals surface area contributed by atoms with E-state index < -0.39 is 0 Å². The molecule has 1 unspecified atom stereocenters. The van der Waals surface area contributed by atoms with Crippen LogP contribution in [0.4, 0.5) is 0 Å². The number of rotatable bonds is 6. The summed E-state index contributed by atoms with van der Waals surface area (Å²) in [6, 6.07) is 8.06. The summed E-state index contributed by atoms with van der Waals surface area (Å²) in [6.45, 7) is 6.35. The zero-order valence-electron chi connectivity index (χ0n) is 11.5. The summed E-state index contributed by atoms with van der Waals surface area (Å²) < 4.78 is 5.58. The summed E-state index contributed by atoms with van der Waals surface area (Å²) >= 11 is 0. The van der Waals surface area contributed by atoms with E-state index in [0.717, 1.165) is 11.3 Å². The summed E-state index contributed by atoms with van der Waals surface area (Å²) in [5.74, 6) is 0.855. The fraction of sp³-hybridized carbons (Fsp3) is 0.500. The van der Waals surface area contributed by atoms with E-state index in [2.05, 4.69) is 10.6 Å². The quantitative estimate of drug-likeness (QED) is 0.810. The second kappa shape index (κ2) is 7.01. The molecule has 4 heteroatoms. The Balaban J connectivity index is 2.53. The van der Waals surface area contributed by atoms with Crippen LogP contribution in [-0.2, 0) is 4.79 Å². The lowest BCUT2D eigenvalue weighted by Gasteiger charge is -2.15. The standard InChI is InChI=1S/C14H22N2O2/c1-10(2)18-13-7-5-12(6-8-13)11(3)16-9-14(17)15-4/h5-8,10-11,16H,9H2,1-4H3,(H,15,17). The van der Waals surface area contributed by atoms with Crippen molar-refractivity contribution in [2.24, 2.45) is 0 Å². The second-order valence-corrected chi connectivity index (χ2v) is 4.51. The molecule has 0 spiro atoms. The third-order valence-electron chi connectivity index (χ3n) is 2.60. The minimum Gasteiger partial charge on any atom is -0.491 e. The number of benzene rings is 1. The molecule has 0 aliphatic carbocycles. The largest absolute Gasteiger partial charge is 0.491 e. The van der Waals surface area contributed by atoms with Gasteiger partial charge in [-0.15, -0.1) is 0 Å². The van der Waals surface area contributed by atoms with E-state index in [1.165, 1.54) is 0 Å². The number of likely N-dealkylation sites (N-methyl/N-ethyl adjacent to an activating group) is 1. The van der Waals surface area contributed by atoms with Crippen molar-refractivity contribution in [3.63, 3.8) is 0 Å². The third kappa shape index (κ3) is 4.75. The summed E-state index contributed by atoms with van der Waals surface area (Å²) in [5, 5.41) is 5.74. The van der Waals surface area contributed by atoms with Gasteiger partial charge in [-0.25, -0.2) is 0 Å². The predicted octanol–water partition coefficient (Wildman–Crippen LogP) is 1.87. The first-order chi connectivity index (χ1) is 8.52. The molecule has 100 valence electrons. The van der Waals surface area contributed by atoms with E-state index in [9.17, 15) is 4.79 Å². The van der Waals surface area contributed by atoms with E-state index in [4.69, 9.17) is 4.74 Å². The first kappa shape index (κ1) is 14.5. The molecule has 18 heavy (non-hydrogen) atoms. The van der Waals surface area contributed by atoms with Gasteiger partial charge in [-0.3, -0.25) is 4.79 Å². The molecule has 0 fully saturated rings. The highest BCUT2D eigenvalue weighted by atomic mass is 16.5. The van der Waals surface area contributed by atoms with E-state index in [1.54, 1.807) is 7.05 Å². The minimum atomic E-state index is -0.0124. The van der Waals surface area contributed by atoms with Crippen LogP contribution in [0.25, 0.3) is 0 Å². The second-order valence-electron chi connectivity index (χ2n) is 4.51. The molecule has 2 N–H and O–H groups in total. The van der Waals surface area contributed by atoms with Crippen molar-refractivity contribution in [3.05, 3.63) is 29.8 Å². The topological polar surface area (TPSA) is 50.4 Å². The molecule has 0 heterocycles. The lowest BCUT2D eigenvalue weighted by Crippen LogP contribution is -2.32. The van der Waals surface area contributed by atoms with E-state index >= 15 is 0 Å². The molecule has 0 aromatic heterocycles. The van der Waals surface area contributed by atoms with Crippen LogP contribution in [0, 0.1) is 0 Å². The number of nitrogens with one attached hydrogen (secondary N) is 2. The van der Waals surface area contributed by atoms with E-state index in [1.807, 2.05) is 45.0 Å². The molecule has 0 aliphatic heterocycles. The van der Waals surface area contributed by atoms with Gasteiger partial charge in [0, 0.05) is 13.1 Å². The van der Waals surface area contributed by atoms with Gasteiger partial charge >= 0.3 is 0 Å². The predicted molar refractivity (Wildman–Crippen MR) is 72.7 cm³/mol. The van der Waals surface area contributed by atoms with Crippen molar-refractivity contribution in [2.75, 3.05) is 13.6 Å². The Hall–Kier alpha value is -1.55. The Labute approximate surface area is 109 Å². The molecule has 1 rings (SSSR count). The maximum Gasteiger partial charge on any atom is 0.233 e. The average Bonchev–Trinajstić information content (AvgIpc) is 2.35. The van der Waals surface area contributed by atoms with Gasteiger partial charge in [0.2, 0.25) is 5.91 Å². The van der Waals surface area contributed by atoms with E-state index in [-0.39, 0.29) is 18.1 Å². The maximum absolute atomic E-state index is 11.1. The van der Waals surface area contributed by atoms with Gasteiger partial charge in [-0.2, -0.15) is 0 Å². The summed E-state index contributed by atoms with van der Waals surface area (Å²) in [7, 11) is 1.63. The lowest BCUT2D eigenvalue weighted by molar-refractivity contribution is -0.119. The van der Waals surface area contributed by atoms with Gasteiger partial charge in [-0.05, 0) is 38.5 Å². The number of ether oxygens (including phenoxy) is 1. The van der Waals surface area contributed by atoms with Crippen molar-refractivity contribution in [2.45, 2.75) is 32.9 Å². The maximum atomic E-state index is 11.1. The normalized spacial score (nSPS) is 12.3. The van der Waals surface area contributed by atoms with Gasteiger partial charge < -0.3 is 15.4 Å². The van der Waals surface area contributed by atoms with Crippen LogP contribution < -0.4 is 15.4 Å². The number of hydrogen-bond donors (Lipinski definition) is 2. The molecule has 1 amide bonds. The molecular formula is C14H22N2O2. The lowest BCUT2D eigenvalue weighted by atomic mass is 10.1. The molecule has 0 bridgehead atoms. The summed E-state index contributed by atoms with van der Waals surface area (Å²) in [5.41, 5.74) is 1.13. The summed E-state index contributed by atoms with van der Waals surface area (Å²) in [4.78, 5) is 11.1. The number of carbonyl (C=O) groups is 1. The van der Waals surface area contributed by atoms with Crippen LogP contribution in [-0.4, -0.2) is 25.6 Å². The SMILES string of the molecule is CNC(=O)CNC(C)c1ccc(OC(C)C)cc1. The van der Waals surface area contributed by atoms with Gasteiger partial charge in [0.25, 0.3) is 0 Å². The zero-order chi connectivity index (χ0) is 13.5. The summed E-state index contributed by atoms with van der Waals surface area (Å²) in [6.07, 6.45) is 0.180. The molecule has 0 saturated carbocycles. The number of carbonyl (C=O) groups excluding carboxylic acids is 1. The van der Waals surface area contributed by atoms with Gasteiger partial charge in [0.1, 0.15) is 5.75 Å². The fourth-order valence-electron chi connectivity index (χ4n) is 1.56. The van der Waals surface area contributed by atoms with Crippen LogP contribution in [0.5, 0.6) is 5.75 Å². The molecule has 0 aliphatic rings. The van der Waals surface area contributed by atoms with Crippen LogP contribution in [0.1, 0.15) is 32.4 Å². The van der Waals surface area contributed by atoms with Crippen LogP contribution >= 0.6 is 0 Å². The van der Waals surface area contributed by atoms with Crippen molar-refractivity contribution >= 4 is 5.91 Å². The highest BCUT2D eigenvalue weighted by Gasteiger charge is 2.07. The first-order valence-corrected chi connectivity index (χ1v) is 6.23. The van der Waals surface area contributed by atoms with Crippen LogP contribution in [0.3, 0.4) is 0 Å². The van der Waals surface area contributed by atoms with Crippen molar-refractivity contribution < 1.29 is 9.53 Å². The van der Waals surface area contributed by atoms with Gasteiger partial charge in [-0.1, -0.05) is 12.1 Å². The Morgan fingerprint density at radius 1 is 1.22 bits per heavy atom. The smallest absolute Gasteiger partial charge is 0.233 e. The first-order valence-electron chi connectivity index (χ1n) is 6.23. The highest BCUT2D eigenvalue weighted by Crippen LogP contribution is 2.18. The van der Waals surface area contributed by atoms with Gasteiger partial charge in [0.05, 0.1) is 12.6 Å². The van der Waals surface area contributed by atoms with E-state index in [0.29, 0.717) is 6.54 Å². The molecule has 0 radical (unpaired) electrons.